The number of halogens is 1. The van der Waals surface area contributed by atoms with E-state index in [-0.39, 0.29) is 22.7 Å². The molecule has 2 aliphatic heterocycles. The van der Waals surface area contributed by atoms with Crippen LogP contribution in [-0.2, 0) is 23.1 Å². The van der Waals surface area contributed by atoms with Gasteiger partial charge in [0.05, 0.1) is 24.6 Å². The van der Waals surface area contributed by atoms with Crippen LogP contribution in [0.5, 0.6) is 0 Å². The molecule has 0 radical (unpaired) electrons. The van der Waals surface area contributed by atoms with Crippen molar-refractivity contribution in [2.75, 3.05) is 31.0 Å². The molecule has 2 saturated heterocycles. The van der Waals surface area contributed by atoms with Crippen molar-refractivity contribution in [3.8, 4) is 0 Å². The summed E-state index contributed by atoms with van der Waals surface area (Å²) in [5, 5.41) is 28.0. The molecule has 0 bridgehead atoms. The summed E-state index contributed by atoms with van der Waals surface area (Å²) in [6.07, 6.45) is -2.24. The normalized spacial score (nSPS) is 29.5. The molecule has 0 aliphatic carbocycles. The van der Waals surface area contributed by atoms with Crippen molar-refractivity contribution in [1.82, 2.24) is 19.6 Å². The predicted octanol–water partition coefficient (Wildman–Crippen LogP) is -0.133. The lowest BCUT2D eigenvalue weighted by atomic mass is 10.1. The Morgan fingerprint density at radius 3 is 2.71 bits per heavy atom. The summed E-state index contributed by atoms with van der Waals surface area (Å²) < 4.78 is 40.1. The van der Waals surface area contributed by atoms with E-state index in [0.717, 1.165) is 12.8 Å². The van der Waals surface area contributed by atoms with Crippen LogP contribution in [0.2, 0.25) is 5.28 Å². The van der Waals surface area contributed by atoms with Crippen LogP contribution in [0, 0.1) is 0 Å². The molecule has 2 fully saturated rings. The second-order valence-electron chi connectivity index (χ2n) is 7.98. The van der Waals surface area contributed by atoms with E-state index >= 15 is 0 Å². The minimum atomic E-state index is -4.82. The van der Waals surface area contributed by atoms with Gasteiger partial charge in [-0.05, 0) is 24.4 Å². The van der Waals surface area contributed by atoms with Gasteiger partial charge in [-0.3, -0.25) is 9.13 Å². The first kappa shape index (κ1) is 25.9. The van der Waals surface area contributed by atoms with Gasteiger partial charge in [0.2, 0.25) is 5.28 Å². The molecular weight excluding hydrogens is 520 g/mol. The first-order valence-corrected chi connectivity index (χ1v) is 14.2. The fourth-order valence-corrected chi connectivity index (χ4v) is 6.52. The molecule has 0 aromatic carbocycles. The Morgan fingerprint density at radius 1 is 1.26 bits per heavy atom. The van der Waals surface area contributed by atoms with Crippen molar-refractivity contribution in [2.24, 2.45) is 0 Å². The number of anilines is 1. The summed E-state index contributed by atoms with van der Waals surface area (Å²) in [5.74, 6) is -1.06. The van der Waals surface area contributed by atoms with Crippen LogP contribution >= 0.6 is 26.8 Å². The maximum atomic E-state index is 11.9. The Morgan fingerprint density at radius 2 is 2.03 bits per heavy atom. The number of nitrogens with one attached hydrogen (secondary N) is 1. The van der Waals surface area contributed by atoms with Crippen molar-refractivity contribution in [2.45, 2.75) is 43.4 Å². The predicted molar refractivity (Wildman–Crippen MR) is 116 cm³/mol. The summed E-state index contributed by atoms with van der Waals surface area (Å²) in [7, 11) is -9.49. The monoisotopic (exact) mass is 543 g/mol. The fraction of sp³-hybridized carbons (Fsp3) is 0.688. The molecule has 6 N–H and O–H groups in total. The molecule has 2 aromatic heterocycles. The van der Waals surface area contributed by atoms with Crippen molar-refractivity contribution >= 4 is 38.3 Å². The summed E-state index contributed by atoms with van der Waals surface area (Å²) in [6.45, 7) is 0.458. The molecule has 2 aromatic rings. The van der Waals surface area contributed by atoms with E-state index in [0.29, 0.717) is 19.0 Å². The fourth-order valence-electron chi connectivity index (χ4n) is 3.80. The highest BCUT2D eigenvalue weighted by Crippen LogP contribution is 2.55. The summed E-state index contributed by atoms with van der Waals surface area (Å²) in [6, 6.07) is 0. The molecular formula is C16H24ClN5O10P2. The van der Waals surface area contributed by atoms with Gasteiger partial charge in [0.25, 0.3) is 0 Å². The Labute approximate surface area is 197 Å². The highest BCUT2D eigenvalue weighted by molar-refractivity contribution is 7.70. The van der Waals surface area contributed by atoms with Crippen LogP contribution in [0.15, 0.2) is 6.20 Å². The molecule has 2 unspecified atom stereocenters. The second kappa shape index (κ2) is 10.0. The first-order valence-electron chi connectivity index (χ1n) is 10.2. The number of hydrogen-bond acceptors (Lipinski definition) is 11. The maximum absolute atomic E-state index is 11.9. The Kier molecular flexibility index (Phi) is 7.63. The lowest BCUT2D eigenvalue weighted by molar-refractivity contribution is -0.0204. The number of aliphatic hydroxyl groups is 2. The minimum Gasteiger partial charge on any atom is -0.387 e. The van der Waals surface area contributed by atoms with E-state index in [1.165, 1.54) is 10.7 Å². The maximum Gasteiger partial charge on any atom is 0.340 e. The molecule has 4 rings (SSSR count). The topological polar surface area (TPSA) is 218 Å². The smallest absolute Gasteiger partial charge is 0.340 e. The van der Waals surface area contributed by atoms with Gasteiger partial charge < -0.3 is 44.2 Å². The summed E-state index contributed by atoms with van der Waals surface area (Å²) in [4.78, 5) is 35.8. The Bertz CT molecular complexity index is 1130. The molecule has 0 saturated carbocycles. The van der Waals surface area contributed by atoms with Crippen molar-refractivity contribution < 1.29 is 48.0 Å². The van der Waals surface area contributed by atoms with Gasteiger partial charge in [-0.2, -0.15) is 4.98 Å². The lowest BCUT2D eigenvalue weighted by Gasteiger charge is -2.18. The number of hydrogen-bond donors (Lipinski definition) is 6. The highest BCUT2D eigenvalue weighted by atomic mass is 35.5. The van der Waals surface area contributed by atoms with Crippen LogP contribution in [0.3, 0.4) is 0 Å². The van der Waals surface area contributed by atoms with E-state index < -0.39 is 52.1 Å². The molecule has 6 atom stereocenters. The molecule has 4 heterocycles. The minimum absolute atomic E-state index is 0.0205. The van der Waals surface area contributed by atoms with Crippen LogP contribution in [0.1, 0.15) is 24.6 Å². The van der Waals surface area contributed by atoms with Gasteiger partial charge >= 0.3 is 15.2 Å². The number of ether oxygens (including phenoxy) is 2. The number of imidazole rings is 1. The van der Waals surface area contributed by atoms with Crippen LogP contribution < -0.4 is 5.32 Å². The number of aliphatic hydroxyl groups excluding tert-OH is 2. The van der Waals surface area contributed by atoms with E-state index in [2.05, 4.69) is 20.4 Å². The number of rotatable bonds is 9. The average Bonchev–Trinajstić information content (AvgIpc) is 3.44. The molecule has 190 valence electrons. The second-order valence-corrected chi connectivity index (χ2v) is 12.3. The summed E-state index contributed by atoms with van der Waals surface area (Å²) >= 11 is 6.06. The zero-order valence-corrected chi connectivity index (χ0v) is 20.1. The molecule has 0 amide bonds. The molecule has 0 spiro atoms. The zero-order chi connectivity index (χ0) is 24.7. The van der Waals surface area contributed by atoms with Gasteiger partial charge in [0, 0.05) is 13.2 Å². The number of fused-ring (bicyclic) bond motifs is 1. The molecule has 34 heavy (non-hydrogen) atoms. The van der Waals surface area contributed by atoms with Crippen molar-refractivity contribution in [3.05, 3.63) is 17.2 Å². The van der Waals surface area contributed by atoms with Crippen LogP contribution in [0.4, 0.5) is 5.82 Å². The third-order valence-corrected chi connectivity index (χ3v) is 8.96. The largest absolute Gasteiger partial charge is 0.387 e. The van der Waals surface area contributed by atoms with Crippen molar-refractivity contribution in [1.29, 1.82) is 0 Å². The first-order chi connectivity index (χ1) is 15.9. The van der Waals surface area contributed by atoms with Gasteiger partial charge in [0.15, 0.2) is 17.4 Å². The van der Waals surface area contributed by atoms with E-state index in [1.54, 1.807) is 0 Å². The van der Waals surface area contributed by atoms with Gasteiger partial charge in [-0.15, -0.1) is 5.10 Å². The third kappa shape index (κ3) is 5.94. The number of nitrogens with zero attached hydrogens (tertiary/aromatic N) is 4. The molecule has 15 nitrogen and oxygen atoms in total. The molecule has 2 aliphatic rings. The quantitative estimate of drug-likeness (QED) is 0.227. The Hall–Kier alpha value is -1.22. The highest BCUT2D eigenvalue weighted by Gasteiger charge is 2.46. The Balaban J connectivity index is 1.50. The third-order valence-electron chi connectivity index (χ3n) is 5.34. The van der Waals surface area contributed by atoms with Gasteiger partial charge in [-0.25, -0.2) is 9.50 Å². The summed E-state index contributed by atoms with van der Waals surface area (Å²) in [5.41, 5.74) is 0.500. The van der Waals surface area contributed by atoms with Crippen LogP contribution in [-0.4, -0.2) is 94.6 Å². The van der Waals surface area contributed by atoms with Gasteiger partial charge in [0.1, 0.15) is 24.4 Å². The zero-order valence-electron chi connectivity index (χ0n) is 17.5. The molecule has 18 heteroatoms. The standard InChI is InChI=1S/C16H24ClN5O10P2/c17-16-20-14(18-4-8-2-1-3-30-8)15-19-5-9(22(15)21-16)13-12(24)11(23)10(32-13)6-31-34(28,29)7-33(25,26)27/h5,8,10-13,23-24H,1-4,6-7H2,(H,28,29)(H,18,20,21)(H2,25,26,27)/t8?,10-,11-,12-,13+/m1/s1. The van der Waals surface area contributed by atoms with Gasteiger partial charge in [-0.1, -0.05) is 0 Å². The average molecular weight is 544 g/mol. The van der Waals surface area contributed by atoms with E-state index in [9.17, 15) is 24.2 Å². The van der Waals surface area contributed by atoms with E-state index in [1.807, 2.05) is 0 Å². The van der Waals surface area contributed by atoms with Crippen LogP contribution in [0.25, 0.3) is 5.65 Å². The van der Waals surface area contributed by atoms with E-state index in [4.69, 9.17) is 35.4 Å². The number of aromatic nitrogens is 4. The lowest BCUT2D eigenvalue weighted by Crippen LogP contribution is -2.33. The SMILES string of the molecule is O=P(O)(O)CP(=O)(O)OC[C@H]1O[C@@H](c2cnc3c(NCC4CCCO4)nc(Cl)nn23)[C@H](O)[C@@H]1O. The van der Waals surface area contributed by atoms with Crippen molar-refractivity contribution in [3.63, 3.8) is 0 Å².